The highest BCUT2D eigenvalue weighted by Crippen LogP contribution is 2.34. The monoisotopic (exact) mass is 506 g/mol. The fourth-order valence-electron chi connectivity index (χ4n) is 3.64. The number of aryl methyl sites for hydroxylation is 1. The quantitative estimate of drug-likeness (QED) is 0.262. The normalized spacial score (nSPS) is 10.8. The molecule has 1 amide bonds. The lowest BCUT2D eigenvalue weighted by molar-refractivity contribution is 0.101. The Balaban J connectivity index is 1.88. The van der Waals surface area contributed by atoms with Crippen LogP contribution in [0.1, 0.15) is 33.3 Å². The Hall–Kier alpha value is -3.06. The molecule has 0 saturated heterocycles. The molecule has 5 heteroatoms. The smallest absolute Gasteiger partial charge is 0.256 e. The summed E-state index contributed by atoms with van der Waals surface area (Å²) < 4.78 is 0.884. The zero-order valence-electron chi connectivity index (χ0n) is 16.6. The van der Waals surface area contributed by atoms with E-state index in [9.17, 15) is 9.59 Å². The number of benzene rings is 3. The molecule has 0 bridgehead atoms. The highest BCUT2D eigenvalue weighted by atomic mass is 127. The lowest BCUT2D eigenvalue weighted by Crippen LogP contribution is -2.13. The van der Waals surface area contributed by atoms with Crippen LogP contribution in [0, 0.1) is 10.5 Å². The molecule has 0 unspecified atom stereocenters. The topological polar surface area (TPSA) is 59.1 Å². The van der Waals surface area contributed by atoms with E-state index < -0.39 is 0 Å². The van der Waals surface area contributed by atoms with E-state index in [0.717, 1.165) is 25.6 Å². The van der Waals surface area contributed by atoms with Crippen molar-refractivity contribution in [1.29, 1.82) is 0 Å². The molecule has 30 heavy (non-hydrogen) atoms. The van der Waals surface area contributed by atoms with Crippen LogP contribution in [0.4, 0.5) is 5.69 Å². The second-order valence-electron chi connectivity index (χ2n) is 7.04. The first-order valence-electron chi connectivity index (χ1n) is 9.52. The first-order valence-corrected chi connectivity index (χ1v) is 10.6. The zero-order chi connectivity index (χ0) is 21.3. The number of halogens is 1. The van der Waals surface area contributed by atoms with Gasteiger partial charge in [0.2, 0.25) is 0 Å². The van der Waals surface area contributed by atoms with Crippen molar-refractivity contribution in [3.05, 3.63) is 93.2 Å². The molecule has 4 nitrogen and oxygen atoms in total. The lowest BCUT2D eigenvalue weighted by Gasteiger charge is -2.15. The van der Waals surface area contributed by atoms with E-state index in [1.807, 2.05) is 73.7 Å². The van der Waals surface area contributed by atoms with Crippen LogP contribution < -0.4 is 5.32 Å². The molecule has 0 fully saturated rings. The van der Waals surface area contributed by atoms with Crippen molar-refractivity contribution >= 4 is 50.9 Å². The number of rotatable bonds is 4. The van der Waals surface area contributed by atoms with E-state index >= 15 is 0 Å². The number of aromatic nitrogens is 1. The first kappa shape index (κ1) is 20.2. The lowest BCUT2D eigenvalue weighted by atomic mass is 9.92. The molecule has 1 N–H and O–H groups in total. The van der Waals surface area contributed by atoms with Crippen molar-refractivity contribution in [1.82, 2.24) is 4.98 Å². The number of carbonyl (C=O) groups excluding carboxylic acids is 2. The molecule has 0 aliphatic heterocycles. The molecule has 148 valence electrons. The summed E-state index contributed by atoms with van der Waals surface area (Å²) in [5, 5.41) is 3.81. The van der Waals surface area contributed by atoms with E-state index in [4.69, 9.17) is 0 Å². The van der Waals surface area contributed by atoms with Gasteiger partial charge in [-0.05, 0) is 72.3 Å². The van der Waals surface area contributed by atoms with Crippen molar-refractivity contribution < 1.29 is 9.59 Å². The molecular formula is C25H19IN2O2. The number of nitrogens with zero attached hydrogens (tertiary/aromatic N) is 1. The number of nitrogens with one attached hydrogen (secondary N) is 1. The number of Topliss-reactive ketones (excluding diaryl/α,β-unsaturated/α-hetero) is 1. The summed E-state index contributed by atoms with van der Waals surface area (Å²) in [5.41, 5.74) is 5.15. The predicted octanol–water partition coefficient (Wildman–Crippen LogP) is 6.27. The molecule has 1 heterocycles. The summed E-state index contributed by atoms with van der Waals surface area (Å²) in [5.74, 6) is -0.207. The molecule has 0 atom stereocenters. The van der Waals surface area contributed by atoms with Crippen molar-refractivity contribution in [3.8, 4) is 11.1 Å². The third-order valence-electron chi connectivity index (χ3n) is 4.96. The Labute approximate surface area is 188 Å². The van der Waals surface area contributed by atoms with Gasteiger partial charge in [-0.15, -0.1) is 0 Å². The van der Waals surface area contributed by atoms with Crippen LogP contribution in [0.5, 0.6) is 0 Å². The first-order chi connectivity index (χ1) is 14.5. The maximum Gasteiger partial charge on any atom is 0.256 e. The minimum Gasteiger partial charge on any atom is -0.322 e. The summed E-state index contributed by atoms with van der Waals surface area (Å²) in [4.78, 5) is 29.9. The molecular weight excluding hydrogens is 487 g/mol. The van der Waals surface area contributed by atoms with Crippen LogP contribution in [0.25, 0.3) is 22.0 Å². The summed E-state index contributed by atoms with van der Waals surface area (Å²) in [7, 11) is 0. The minimum absolute atomic E-state index is 0.0333. The number of carbonyl (C=O) groups is 2. The summed E-state index contributed by atoms with van der Waals surface area (Å²) in [6.07, 6.45) is 0. The van der Waals surface area contributed by atoms with E-state index in [1.54, 1.807) is 13.0 Å². The average molecular weight is 506 g/mol. The Morgan fingerprint density at radius 1 is 0.933 bits per heavy atom. The highest BCUT2D eigenvalue weighted by molar-refractivity contribution is 14.1. The van der Waals surface area contributed by atoms with Crippen LogP contribution in [-0.4, -0.2) is 16.7 Å². The van der Waals surface area contributed by atoms with E-state index in [2.05, 4.69) is 32.9 Å². The van der Waals surface area contributed by atoms with Crippen LogP contribution in [0.2, 0.25) is 0 Å². The van der Waals surface area contributed by atoms with Crippen molar-refractivity contribution in [2.24, 2.45) is 0 Å². The van der Waals surface area contributed by atoms with Gasteiger partial charge in [0.25, 0.3) is 5.91 Å². The SMILES string of the molecule is CC(=O)c1c(C)nc2ccc(NC(=O)c3ccccc3I)cc2c1-c1ccccc1. The molecule has 0 saturated carbocycles. The average Bonchev–Trinajstić information content (AvgIpc) is 2.73. The summed E-state index contributed by atoms with van der Waals surface area (Å²) in [6, 6.07) is 22.9. The Morgan fingerprint density at radius 3 is 2.33 bits per heavy atom. The molecule has 3 aromatic carbocycles. The Bertz CT molecular complexity index is 1280. The Morgan fingerprint density at radius 2 is 1.63 bits per heavy atom. The van der Waals surface area contributed by atoms with Gasteiger partial charge in [0.1, 0.15) is 0 Å². The molecule has 4 rings (SSSR count). The van der Waals surface area contributed by atoms with Crippen molar-refractivity contribution in [3.63, 3.8) is 0 Å². The molecule has 1 aromatic heterocycles. The highest BCUT2D eigenvalue weighted by Gasteiger charge is 2.18. The number of anilines is 1. The Kier molecular flexibility index (Phi) is 5.63. The second-order valence-corrected chi connectivity index (χ2v) is 8.20. The molecule has 0 spiro atoms. The molecule has 0 aliphatic rings. The molecule has 0 aliphatic carbocycles. The number of pyridine rings is 1. The van der Waals surface area contributed by atoms with E-state index in [1.165, 1.54) is 0 Å². The minimum atomic E-state index is -0.174. The van der Waals surface area contributed by atoms with Crippen LogP contribution in [0.15, 0.2) is 72.8 Å². The predicted molar refractivity (Wildman–Crippen MR) is 129 cm³/mol. The van der Waals surface area contributed by atoms with Crippen molar-refractivity contribution in [2.45, 2.75) is 13.8 Å². The summed E-state index contributed by atoms with van der Waals surface area (Å²) >= 11 is 2.15. The van der Waals surface area contributed by atoms with E-state index in [0.29, 0.717) is 22.5 Å². The van der Waals surface area contributed by atoms with Crippen LogP contribution >= 0.6 is 22.6 Å². The van der Waals surface area contributed by atoms with Gasteiger partial charge in [-0.1, -0.05) is 42.5 Å². The third-order valence-corrected chi connectivity index (χ3v) is 5.90. The number of hydrogen-bond donors (Lipinski definition) is 1. The zero-order valence-corrected chi connectivity index (χ0v) is 18.7. The van der Waals surface area contributed by atoms with Gasteiger partial charge < -0.3 is 5.32 Å². The number of hydrogen-bond acceptors (Lipinski definition) is 3. The van der Waals surface area contributed by atoms with E-state index in [-0.39, 0.29) is 11.7 Å². The fraction of sp³-hybridized carbons (Fsp3) is 0.0800. The van der Waals surface area contributed by atoms with Gasteiger partial charge in [0.15, 0.2) is 5.78 Å². The summed E-state index contributed by atoms with van der Waals surface area (Å²) in [6.45, 7) is 3.42. The molecule has 4 aromatic rings. The molecule has 0 radical (unpaired) electrons. The second kappa shape index (κ2) is 8.36. The fourth-order valence-corrected chi connectivity index (χ4v) is 4.28. The third kappa shape index (κ3) is 3.85. The number of amides is 1. The van der Waals surface area contributed by atoms with Crippen LogP contribution in [0.3, 0.4) is 0 Å². The van der Waals surface area contributed by atoms with Gasteiger partial charge >= 0.3 is 0 Å². The van der Waals surface area contributed by atoms with Gasteiger partial charge in [-0.25, -0.2) is 0 Å². The standard InChI is InChI=1S/C25H19IN2O2/c1-15-23(16(2)29)24(17-8-4-3-5-9-17)20-14-18(12-13-22(20)27-15)28-25(30)19-10-6-7-11-21(19)26/h3-14H,1-2H3,(H,28,30). The van der Waals surface area contributed by atoms with Crippen LogP contribution in [-0.2, 0) is 0 Å². The largest absolute Gasteiger partial charge is 0.322 e. The van der Waals surface area contributed by atoms with Gasteiger partial charge in [-0.3, -0.25) is 14.6 Å². The maximum absolute atomic E-state index is 12.8. The number of ketones is 1. The van der Waals surface area contributed by atoms with Gasteiger partial charge in [0.05, 0.1) is 11.1 Å². The maximum atomic E-state index is 12.8. The number of fused-ring (bicyclic) bond motifs is 1. The van der Waals surface area contributed by atoms with Gasteiger partial charge in [-0.2, -0.15) is 0 Å². The van der Waals surface area contributed by atoms with Crippen molar-refractivity contribution in [2.75, 3.05) is 5.32 Å². The van der Waals surface area contributed by atoms with Gasteiger partial charge in [0, 0.05) is 31.5 Å².